The first-order valence-electron chi connectivity index (χ1n) is 9.49. The molecule has 4 aliphatic rings. The summed E-state index contributed by atoms with van der Waals surface area (Å²) < 4.78 is 0.290. The number of carbonyl (C=O) groups is 2. The van der Waals surface area contributed by atoms with Gasteiger partial charge in [-0.2, -0.15) is 4.48 Å². The van der Waals surface area contributed by atoms with Crippen molar-refractivity contribution in [3.05, 3.63) is 0 Å². The van der Waals surface area contributed by atoms with E-state index in [1.807, 2.05) is 0 Å². The number of carbonyl (C=O) groups excluding carboxylic acids is 2. The van der Waals surface area contributed by atoms with Crippen molar-refractivity contribution in [3.8, 4) is 0 Å². The van der Waals surface area contributed by atoms with Gasteiger partial charge in [0.1, 0.15) is 12.1 Å². The number of hydrogen-bond acceptors (Lipinski definition) is 2. The number of fused-ring (bicyclic) bond motifs is 1. The number of quaternary nitrogens is 1. The lowest BCUT2D eigenvalue weighted by Crippen LogP contribution is -2.67. The van der Waals surface area contributed by atoms with E-state index in [9.17, 15) is 9.59 Å². The van der Waals surface area contributed by atoms with Gasteiger partial charge in [-0.1, -0.05) is 26.7 Å². The summed E-state index contributed by atoms with van der Waals surface area (Å²) in [5.41, 5.74) is -0.0563. The average Bonchev–Trinajstić information content (AvgIpc) is 3.01. The van der Waals surface area contributed by atoms with Crippen LogP contribution in [0, 0.1) is 17.3 Å². The Morgan fingerprint density at radius 1 is 0.727 bits per heavy atom. The summed E-state index contributed by atoms with van der Waals surface area (Å²) >= 11 is 0. The highest BCUT2D eigenvalue weighted by Gasteiger charge is 2.82. The van der Waals surface area contributed by atoms with Crippen molar-refractivity contribution in [3.63, 3.8) is 0 Å². The van der Waals surface area contributed by atoms with Crippen molar-refractivity contribution < 1.29 is 14.1 Å². The summed E-state index contributed by atoms with van der Waals surface area (Å²) in [6, 6.07) is 0.612. The second kappa shape index (κ2) is 4.90. The van der Waals surface area contributed by atoms with Crippen LogP contribution in [0.4, 0.5) is 0 Å². The SMILES string of the molecule is CC1(C)C2C(=O)[N+](C3CCCCC3)(C3CCCCC3)C(=O)C21. The molecule has 22 heavy (non-hydrogen) atoms. The number of piperidine rings is 1. The molecule has 2 amide bonds. The zero-order chi connectivity index (χ0) is 15.5. The summed E-state index contributed by atoms with van der Waals surface area (Å²) in [6.07, 6.45) is 11.7. The maximum atomic E-state index is 13.4. The second-order valence-corrected chi connectivity index (χ2v) is 8.81. The molecular formula is C19H30NO2+. The molecule has 0 spiro atoms. The summed E-state index contributed by atoms with van der Waals surface area (Å²) in [4.78, 5) is 26.9. The van der Waals surface area contributed by atoms with Crippen LogP contribution in [0.2, 0.25) is 0 Å². The molecule has 4 fully saturated rings. The van der Waals surface area contributed by atoms with Crippen LogP contribution in [0.15, 0.2) is 0 Å². The van der Waals surface area contributed by atoms with Gasteiger partial charge < -0.3 is 0 Å². The summed E-state index contributed by atoms with van der Waals surface area (Å²) in [5, 5.41) is 0. The van der Waals surface area contributed by atoms with E-state index in [4.69, 9.17) is 0 Å². The third-order valence-electron chi connectivity index (χ3n) is 7.39. The minimum absolute atomic E-state index is 0.0313. The lowest BCUT2D eigenvalue weighted by Gasteiger charge is -2.47. The van der Waals surface area contributed by atoms with Crippen LogP contribution in [0.1, 0.15) is 78.1 Å². The molecule has 1 aliphatic heterocycles. The number of amides is 2. The van der Waals surface area contributed by atoms with E-state index in [0.717, 1.165) is 25.7 Å². The van der Waals surface area contributed by atoms with Gasteiger partial charge in [-0.3, -0.25) is 0 Å². The summed E-state index contributed by atoms with van der Waals surface area (Å²) in [6.45, 7) is 4.24. The number of nitrogens with zero attached hydrogens (tertiary/aromatic N) is 1. The molecule has 3 nitrogen and oxygen atoms in total. The van der Waals surface area contributed by atoms with Gasteiger partial charge in [0.2, 0.25) is 0 Å². The van der Waals surface area contributed by atoms with Crippen LogP contribution in [0.25, 0.3) is 0 Å². The Labute approximate surface area is 134 Å². The topological polar surface area (TPSA) is 34.1 Å². The van der Waals surface area contributed by atoms with Crippen molar-refractivity contribution in [1.29, 1.82) is 0 Å². The van der Waals surface area contributed by atoms with Crippen LogP contribution in [0.3, 0.4) is 0 Å². The summed E-state index contributed by atoms with van der Waals surface area (Å²) in [7, 11) is 0. The maximum absolute atomic E-state index is 13.4. The largest absolute Gasteiger partial charge is 0.326 e. The highest BCUT2D eigenvalue weighted by molar-refractivity contribution is 6.02. The molecule has 0 bridgehead atoms. The molecule has 122 valence electrons. The third-order valence-corrected chi connectivity index (χ3v) is 7.39. The molecule has 0 aromatic carbocycles. The van der Waals surface area contributed by atoms with Gasteiger partial charge in [0, 0.05) is 25.7 Å². The number of likely N-dealkylation sites (tertiary alicyclic amines) is 1. The van der Waals surface area contributed by atoms with Crippen molar-refractivity contribution in [2.45, 2.75) is 90.1 Å². The standard InChI is InChI=1S/C19H30NO2/c1-19(2)15-16(19)18(22)20(17(15)21,13-9-5-3-6-10-13)14-11-7-4-8-12-14/h13-16H,3-12H2,1-2H3/q+1. The first kappa shape index (κ1) is 14.9. The molecule has 0 aromatic rings. The minimum Gasteiger partial charge on any atom is -0.230 e. The molecule has 4 rings (SSSR count). The molecule has 3 aliphatic carbocycles. The number of imide groups is 1. The van der Waals surface area contributed by atoms with Crippen molar-refractivity contribution in [2.24, 2.45) is 17.3 Å². The fraction of sp³-hybridized carbons (Fsp3) is 0.895. The average molecular weight is 304 g/mol. The van der Waals surface area contributed by atoms with Crippen molar-refractivity contribution in [2.75, 3.05) is 0 Å². The van der Waals surface area contributed by atoms with Gasteiger partial charge >= 0.3 is 11.8 Å². The number of hydrogen-bond donors (Lipinski definition) is 0. The smallest absolute Gasteiger partial charge is 0.230 e. The monoisotopic (exact) mass is 304 g/mol. The highest BCUT2D eigenvalue weighted by atomic mass is 16.2. The zero-order valence-electron chi connectivity index (χ0n) is 14.1. The molecule has 0 radical (unpaired) electrons. The van der Waals surface area contributed by atoms with Gasteiger partial charge in [-0.15, -0.1) is 0 Å². The molecule has 1 saturated heterocycles. The van der Waals surface area contributed by atoms with Gasteiger partial charge in [0.25, 0.3) is 0 Å². The number of rotatable bonds is 2. The second-order valence-electron chi connectivity index (χ2n) is 8.81. The summed E-state index contributed by atoms with van der Waals surface area (Å²) in [5.74, 6) is 0.699. The van der Waals surface area contributed by atoms with Crippen LogP contribution in [0.5, 0.6) is 0 Å². The predicted octanol–water partition coefficient (Wildman–Crippen LogP) is 3.81. The molecular weight excluding hydrogens is 274 g/mol. The van der Waals surface area contributed by atoms with E-state index < -0.39 is 0 Å². The maximum Gasteiger partial charge on any atom is 0.326 e. The van der Waals surface area contributed by atoms with E-state index in [1.54, 1.807) is 0 Å². The Balaban J connectivity index is 1.73. The molecule has 0 N–H and O–H groups in total. The van der Waals surface area contributed by atoms with E-state index in [0.29, 0.717) is 28.4 Å². The Bertz CT molecular complexity index is 454. The fourth-order valence-electron chi connectivity index (χ4n) is 6.12. The highest BCUT2D eigenvalue weighted by Crippen LogP contribution is 2.67. The first-order valence-corrected chi connectivity index (χ1v) is 9.49. The Morgan fingerprint density at radius 3 is 1.45 bits per heavy atom. The van der Waals surface area contributed by atoms with E-state index in [2.05, 4.69) is 13.8 Å². The first-order chi connectivity index (χ1) is 10.5. The Kier molecular flexibility index (Phi) is 3.31. The lowest BCUT2D eigenvalue weighted by atomic mass is 9.84. The van der Waals surface area contributed by atoms with Gasteiger partial charge in [-0.25, -0.2) is 9.59 Å². The molecule has 1 heterocycles. The molecule has 2 unspecified atom stereocenters. The van der Waals surface area contributed by atoms with Crippen molar-refractivity contribution in [1.82, 2.24) is 0 Å². The third kappa shape index (κ3) is 1.72. The van der Waals surface area contributed by atoms with E-state index in [1.165, 1.54) is 38.5 Å². The van der Waals surface area contributed by atoms with Gasteiger partial charge in [-0.05, 0) is 31.1 Å². The zero-order valence-corrected chi connectivity index (χ0v) is 14.1. The van der Waals surface area contributed by atoms with Crippen LogP contribution < -0.4 is 0 Å². The van der Waals surface area contributed by atoms with Crippen LogP contribution in [-0.2, 0) is 9.59 Å². The van der Waals surface area contributed by atoms with Gasteiger partial charge in [0.05, 0.1) is 11.8 Å². The lowest BCUT2D eigenvalue weighted by molar-refractivity contribution is -0.833. The van der Waals surface area contributed by atoms with E-state index >= 15 is 0 Å². The predicted molar refractivity (Wildman–Crippen MR) is 84.8 cm³/mol. The molecule has 0 aromatic heterocycles. The normalized spacial score (nSPS) is 38.1. The van der Waals surface area contributed by atoms with Crippen molar-refractivity contribution >= 4 is 11.8 Å². The molecule has 3 saturated carbocycles. The fourth-order valence-corrected chi connectivity index (χ4v) is 6.12. The minimum atomic E-state index is -0.0563. The van der Waals surface area contributed by atoms with Crippen LogP contribution >= 0.6 is 0 Å². The van der Waals surface area contributed by atoms with Crippen LogP contribution in [-0.4, -0.2) is 28.4 Å². The molecule has 3 heteroatoms. The quantitative estimate of drug-likeness (QED) is 0.574. The van der Waals surface area contributed by atoms with E-state index in [-0.39, 0.29) is 17.3 Å². The molecule has 2 atom stereocenters. The van der Waals surface area contributed by atoms with Gasteiger partial charge in [0.15, 0.2) is 0 Å². The Morgan fingerprint density at radius 2 is 1.09 bits per heavy atom. The Hall–Kier alpha value is -0.700.